The predicted octanol–water partition coefficient (Wildman–Crippen LogP) is 1.97. The van der Waals surface area contributed by atoms with Crippen LogP contribution in [0.25, 0.3) is 0 Å². The summed E-state index contributed by atoms with van der Waals surface area (Å²) in [5.41, 5.74) is 5.62. The zero-order valence-corrected chi connectivity index (χ0v) is 11.7. The van der Waals surface area contributed by atoms with Crippen LogP contribution in [0.3, 0.4) is 0 Å². The third kappa shape index (κ3) is 3.80. The molecule has 0 unspecified atom stereocenters. The van der Waals surface area contributed by atoms with Gasteiger partial charge in [-0.2, -0.15) is 4.98 Å². The minimum atomic E-state index is 0.599. The van der Waals surface area contributed by atoms with Crippen LogP contribution in [0.5, 0.6) is 5.88 Å². The molecule has 1 saturated carbocycles. The Morgan fingerprint density at radius 1 is 1.42 bits per heavy atom. The van der Waals surface area contributed by atoms with Crippen LogP contribution in [0.2, 0.25) is 0 Å². The molecule has 0 aromatic carbocycles. The molecule has 0 saturated heterocycles. The van der Waals surface area contributed by atoms with E-state index in [0.29, 0.717) is 25.1 Å². The fourth-order valence-electron chi connectivity index (χ4n) is 2.20. The second-order valence-electron chi connectivity index (χ2n) is 4.98. The van der Waals surface area contributed by atoms with Gasteiger partial charge in [0, 0.05) is 12.6 Å². The minimum Gasteiger partial charge on any atom is -0.477 e. The van der Waals surface area contributed by atoms with Crippen molar-refractivity contribution in [1.29, 1.82) is 0 Å². The van der Waals surface area contributed by atoms with E-state index in [9.17, 15) is 0 Å². The third-order valence-electron chi connectivity index (χ3n) is 3.47. The predicted molar refractivity (Wildman–Crippen MR) is 76.5 cm³/mol. The number of hydrogen-bond donors (Lipinski definition) is 1. The van der Waals surface area contributed by atoms with Crippen LogP contribution < -0.4 is 15.4 Å². The second kappa shape index (κ2) is 7.28. The smallest absolute Gasteiger partial charge is 0.234 e. The number of hydrogen-bond acceptors (Lipinski definition) is 5. The lowest BCUT2D eigenvalue weighted by Crippen LogP contribution is -2.42. The maximum Gasteiger partial charge on any atom is 0.234 e. The number of anilines is 1. The van der Waals surface area contributed by atoms with Gasteiger partial charge in [0.05, 0.1) is 19.0 Å². The Labute approximate surface area is 115 Å². The lowest BCUT2D eigenvalue weighted by Gasteiger charge is -2.38. The van der Waals surface area contributed by atoms with Crippen LogP contribution >= 0.6 is 0 Å². The molecule has 0 radical (unpaired) electrons. The van der Waals surface area contributed by atoms with E-state index in [2.05, 4.69) is 21.8 Å². The van der Waals surface area contributed by atoms with E-state index >= 15 is 0 Å². The van der Waals surface area contributed by atoms with Gasteiger partial charge in [0.2, 0.25) is 5.88 Å². The molecule has 1 aliphatic rings. The van der Waals surface area contributed by atoms with Crippen molar-refractivity contribution in [3.63, 3.8) is 0 Å². The first-order chi connectivity index (χ1) is 9.35. The summed E-state index contributed by atoms with van der Waals surface area (Å²) in [5, 5.41) is 0. The molecule has 5 nitrogen and oxygen atoms in total. The number of aromatic nitrogens is 2. The van der Waals surface area contributed by atoms with Crippen molar-refractivity contribution in [3.05, 3.63) is 12.4 Å². The molecular weight excluding hydrogens is 240 g/mol. The highest BCUT2D eigenvalue weighted by atomic mass is 16.5. The Hall–Kier alpha value is -1.36. The highest BCUT2D eigenvalue weighted by molar-refractivity contribution is 5.39. The molecule has 2 rings (SSSR count). The van der Waals surface area contributed by atoms with Crippen molar-refractivity contribution in [2.75, 3.05) is 24.6 Å². The van der Waals surface area contributed by atoms with Crippen LogP contribution in [0, 0.1) is 0 Å². The molecule has 106 valence electrons. The Morgan fingerprint density at radius 2 is 2.26 bits per heavy atom. The first-order valence-corrected chi connectivity index (χ1v) is 7.26. The number of nitrogens with two attached hydrogens (primary N) is 1. The van der Waals surface area contributed by atoms with Crippen molar-refractivity contribution in [3.8, 4) is 5.88 Å². The average molecular weight is 264 g/mol. The molecule has 0 spiro atoms. The van der Waals surface area contributed by atoms with Crippen molar-refractivity contribution in [1.82, 2.24) is 9.97 Å². The summed E-state index contributed by atoms with van der Waals surface area (Å²) in [5.74, 6) is 1.54. The molecule has 19 heavy (non-hydrogen) atoms. The fraction of sp³-hybridized carbons (Fsp3) is 0.714. The van der Waals surface area contributed by atoms with E-state index in [0.717, 1.165) is 25.2 Å². The fourth-order valence-corrected chi connectivity index (χ4v) is 2.20. The SMILES string of the molecule is CCCOc1cncc(N(CCCN)C2CCC2)n1. The Kier molecular flexibility index (Phi) is 5.39. The largest absolute Gasteiger partial charge is 0.477 e. The molecule has 1 aliphatic carbocycles. The normalized spacial score (nSPS) is 15.1. The van der Waals surface area contributed by atoms with Gasteiger partial charge in [0.15, 0.2) is 5.82 Å². The highest BCUT2D eigenvalue weighted by Crippen LogP contribution is 2.29. The van der Waals surface area contributed by atoms with Gasteiger partial charge in [-0.15, -0.1) is 0 Å². The zero-order valence-electron chi connectivity index (χ0n) is 11.7. The quantitative estimate of drug-likeness (QED) is 0.777. The van der Waals surface area contributed by atoms with E-state index in [1.165, 1.54) is 19.3 Å². The average Bonchev–Trinajstić information content (AvgIpc) is 2.39. The van der Waals surface area contributed by atoms with Gasteiger partial charge in [-0.05, 0) is 38.6 Å². The Bertz CT molecular complexity index is 381. The standard InChI is InChI=1S/C14H24N4O/c1-2-9-19-14-11-16-10-13(17-14)18(8-4-7-15)12-5-3-6-12/h10-12H,2-9,15H2,1H3. The molecule has 5 heteroatoms. The van der Waals surface area contributed by atoms with Crippen molar-refractivity contribution >= 4 is 5.82 Å². The van der Waals surface area contributed by atoms with Crippen molar-refractivity contribution in [2.24, 2.45) is 5.73 Å². The molecule has 1 aromatic rings. The number of ether oxygens (including phenoxy) is 1. The second-order valence-corrected chi connectivity index (χ2v) is 4.98. The summed E-state index contributed by atoms with van der Waals surface area (Å²) in [6.45, 7) is 4.43. The summed E-state index contributed by atoms with van der Waals surface area (Å²) in [6, 6.07) is 0.599. The van der Waals surface area contributed by atoms with Gasteiger partial charge in [-0.25, -0.2) is 0 Å². The van der Waals surface area contributed by atoms with E-state index < -0.39 is 0 Å². The van der Waals surface area contributed by atoms with Crippen LogP contribution in [-0.4, -0.2) is 35.7 Å². The number of nitrogens with zero attached hydrogens (tertiary/aromatic N) is 3. The summed E-state index contributed by atoms with van der Waals surface area (Å²) < 4.78 is 5.56. The highest BCUT2D eigenvalue weighted by Gasteiger charge is 2.26. The van der Waals surface area contributed by atoms with Gasteiger partial charge in [-0.1, -0.05) is 6.92 Å². The molecule has 0 amide bonds. The Morgan fingerprint density at radius 3 is 2.89 bits per heavy atom. The third-order valence-corrected chi connectivity index (χ3v) is 3.47. The minimum absolute atomic E-state index is 0.599. The summed E-state index contributed by atoms with van der Waals surface area (Å²) >= 11 is 0. The monoisotopic (exact) mass is 264 g/mol. The van der Waals surface area contributed by atoms with E-state index in [1.807, 2.05) is 6.20 Å². The van der Waals surface area contributed by atoms with Gasteiger partial charge < -0.3 is 15.4 Å². The molecule has 1 fully saturated rings. The summed E-state index contributed by atoms with van der Waals surface area (Å²) in [7, 11) is 0. The molecule has 0 aliphatic heterocycles. The van der Waals surface area contributed by atoms with Crippen LogP contribution in [0.4, 0.5) is 5.82 Å². The Balaban J connectivity index is 2.06. The maximum absolute atomic E-state index is 5.62. The summed E-state index contributed by atoms with van der Waals surface area (Å²) in [6.07, 6.45) is 9.26. The number of rotatable bonds is 8. The topological polar surface area (TPSA) is 64.3 Å². The first kappa shape index (κ1) is 14.1. The van der Waals surface area contributed by atoms with E-state index in [4.69, 9.17) is 10.5 Å². The molecular formula is C14H24N4O. The lowest BCUT2D eigenvalue weighted by atomic mass is 9.91. The van der Waals surface area contributed by atoms with Crippen LogP contribution in [0.15, 0.2) is 12.4 Å². The van der Waals surface area contributed by atoms with Gasteiger partial charge in [0.25, 0.3) is 0 Å². The molecule has 1 heterocycles. The van der Waals surface area contributed by atoms with E-state index in [-0.39, 0.29) is 0 Å². The maximum atomic E-state index is 5.62. The van der Waals surface area contributed by atoms with Crippen molar-refractivity contribution in [2.45, 2.75) is 45.1 Å². The zero-order chi connectivity index (χ0) is 13.5. The first-order valence-electron chi connectivity index (χ1n) is 7.26. The van der Waals surface area contributed by atoms with Crippen LogP contribution in [0.1, 0.15) is 39.0 Å². The van der Waals surface area contributed by atoms with Gasteiger partial charge >= 0.3 is 0 Å². The summed E-state index contributed by atoms with van der Waals surface area (Å²) in [4.78, 5) is 11.1. The van der Waals surface area contributed by atoms with Crippen molar-refractivity contribution < 1.29 is 4.74 Å². The molecule has 2 N–H and O–H groups in total. The van der Waals surface area contributed by atoms with Gasteiger partial charge in [-0.3, -0.25) is 4.98 Å². The van der Waals surface area contributed by atoms with E-state index in [1.54, 1.807) is 6.20 Å². The molecule has 0 bridgehead atoms. The van der Waals surface area contributed by atoms with Gasteiger partial charge in [0.1, 0.15) is 0 Å². The molecule has 0 atom stereocenters. The molecule has 1 aromatic heterocycles. The lowest BCUT2D eigenvalue weighted by molar-refractivity contribution is 0.303. The van der Waals surface area contributed by atoms with Crippen LogP contribution in [-0.2, 0) is 0 Å².